The van der Waals surface area contributed by atoms with Crippen LogP contribution < -0.4 is 11.1 Å². The molecule has 0 spiro atoms. The first-order valence-corrected chi connectivity index (χ1v) is 6.64. The molecule has 0 saturated carbocycles. The number of hydrogen-bond donors (Lipinski definition) is 2. The highest BCUT2D eigenvalue weighted by molar-refractivity contribution is 7.18. The molecule has 0 aliphatic carbocycles. The van der Waals surface area contributed by atoms with E-state index >= 15 is 0 Å². The van der Waals surface area contributed by atoms with Crippen LogP contribution in [-0.2, 0) is 4.74 Å². The number of hydrogen-bond acceptors (Lipinski definition) is 5. The van der Waals surface area contributed by atoms with Crippen LogP contribution in [-0.4, -0.2) is 19.1 Å². The van der Waals surface area contributed by atoms with E-state index in [1.807, 2.05) is 0 Å². The smallest absolute Gasteiger partial charge is 0.348 e. The van der Waals surface area contributed by atoms with Crippen LogP contribution in [0.3, 0.4) is 0 Å². The van der Waals surface area contributed by atoms with Gasteiger partial charge in [0.25, 0.3) is 0 Å². The number of ether oxygens (including phenoxy) is 1. The third kappa shape index (κ3) is 3.93. The Bertz CT molecular complexity index is 377. The summed E-state index contributed by atoms with van der Waals surface area (Å²) in [6.07, 6.45) is 3.46. The molecule has 1 aromatic heterocycles. The highest BCUT2D eigenvalue weighted by Crippen LogP contribution is 2.31. The summed E-state index contributed by atoms with van der Waals surface area (Å²) in [5.74, 6) is -0.337. The maximum atomic E-state index is 11.3. The molecule has 0 fully saturated rings. The van der Waals surface area contributed by atoms with Gasteiger partial charge in [0.2, 0.25) is 0 Å². The third-order valence-corrected chi connectivity index (χ3v) is 3.58. The number of esters is 1. The van der Waals surface area contributed by atoms with Gasteiger partial charge in [-0.1, -0.05) is 19.8 Å². The van der Waals surface area contributed by atoms with Gasteiger partial charge >= 0.3 is 5.97 Å². The molecule has 0 bridgehead atoms. The third-order valence-electron chi connectivity index (χ3n) is 2.52. The monoisotopic (exact) mass is 256 g/mol. The quantitative estimate of drug-likeness (QED) is 0.768. The molecule has 3 N–H and O–H groups in total. The number of anilines is 2. The van der Waals surface area contributed by atoms with Gasteiger partial charge in [-0.05, 0) is 19.4 Å². The summed E-state index contributed by atoms with van der Waals surface area (Å²) in [7, 11) is 1.37. The Labute approximate surface area is 106 Å². The lowest BCUT2D eigenvalue weighted by molar-refractivity contribution is 0.0606. The van der Waals surface area contributed by atoms with Gasteiger partial charge in [-0.3, -0.25) is 0 Å². The number of nitrogens with one attached hydrogen (secondary N) is 1. The van der Waals surface area contributed by atoms with E-state index in [0.717, 1.165) is 11.4 Å². The molecule has 4 nitrogen and oxygen atoms in total. The molecule has 0 amide bonds. The van der Waals surface area contributed by atoms with Crippen LogP contribution in [0.1, 0.15) is 42.8 Å². The van der Waals surface area contributed by atoms with E-state index in [4.69, 9.17) is 5.73 Å². The lowest BCUT2D eigenvalue weighted by atomic mass is 10.1. The maximum Gasteiger partial charge on any atom is 0.348 e. The number of carbonyl (C=O) groups excluding carboxylic acids is 1. The van der Waals surface area contributed by atoms with Crippen LogP contribution >= 0.6 is 11.3 Å². The molecule has 1 heterocycles. The average Bonchev–Trinajstić information content (AvgIpc) is 2.67. The van der Waals surface area contributed by atoms with E-state index < -0.39 is 0 Å². The minimum absolute atomic E-state index is 0.337. The molecule has 17 heavy (non-hydrogen) atoms. The number of nitrogen functional groups attached to an aromatic ring is 1. The van der Waals surface area contributed by atoms with Gasteiger partial charge in [0, 0.05) is 6.04 Å². The second-order valence-corrected chi connectivity index (χ2v) is 5.13. The maximum absolute atomic E-state index is 11.3. The topological polar surface area (TPSA) is 64.3 Å². The van der Waals surface area contributed by atoms with Gasteiger partial charge in [0.05, 0.1) is 12.8 Å². The van der Waals surface area contributed by atoms with Crippen LogP contribution in [0.4, 0.5) is 10.7 Å². The van der Waals surface area contributed by atoms with E-state index in [0.29, 0.717) is 16.6 Å². The minimum Gasteiger partial charge on any atom is -0.465 e. The van der Waals surface area contributed by atoms with Gasteiger partial charge in [-0.25, -0.2) is 4.79 Å². The lowest BCUT2D eigenvalue weighted by Crippen LogP contribution is -2.14. The van der Waals surface area contributed by atoms with Crippen molar-refractivity contribution in [1.29, 1.82) is 0 Å². The van der Waals surface area contributed by atoms with Crippen molar-refractivity contribution in [2.24, 2.45) is 0 Å². The molecule has 0 aromatic carbocycles. The van der Waals surface area contributed by atoms with Crippen molar-refractivity contribution in [3.8, 4) is 0 Å². The van der Waals surface area contributed by atoms with E-state index in [1.54, 1.807) is 6.07 Å². The molecule has 0 saturated heterocycles. The SMILES string of the molecule is CCCCC(C)Nc1sc(C(=O)OC)cc1N. The largest absolute Gasteiger partial charge is 0.465 e. The Morgan fingerprint density at radius 1 is 1.65 bits per heavy atom. The summed E-state index contributed by atoms with van der Waals surface area (Å²) in [6.45, 7) is 4.29. The number of thiophene rings is 1. The summed E-state index contributed by atoms with van der Waals surface area (Å²) in [5.41, 5.74) is 6.46. The molecule has 1 atom stereocenters. The summed E-state index contributed by atoms with van der Waals surface area (Å²) in [6, 6.07) is 2.02. The normalized spacial score (nSPS) is 12.2. The standard InChI is InChI=1S/C12H20N2O2S/c1-4-5-6-8(2)14-11-9(13)7-10(17-11)12(15)16-3/h7-8,14H,4-6,13H2,1-3H3. The Morgan fingerprint density at radius 2 is 2.35 bits per heavy atom. The van der Waals surface area contributed by atoms with Crippen LogP contribution in [0.2, 0.25) is 0 Å². The number of carbonyl (C=O) groups is 1. The molecule has 0 aliphatic heterocycles. The molecule has 1 unspecified atom stereocenters. The Hall–Kier alpha value is -1.23. The molecular weight excluding hydrogens is 236 g/mol. The zero-order valence-corrected chi connectivity index (χ0v) is 11.4. The van der Waals surface area contributed by atoms with E-state index in [2.05, 4.69) is 23.9 Å². The van der Waals surface area contributed by atoms with E-state index in [1.165, 1.54) is 31.3 Å². The second-order valence-electron chi connectivity index (χ2n) is 4.07. The number of methoxy groups -OCH3 is 1. The molecular formula is C12H20N2O2S. The summed E-state index contributed by atoms with van der Waals surface area (Å²) >= 11 is 1.34. The Balaban J connectivity index is 2.65. The lowest BCUT2D eigenvalue weighted by Gasteiger charge is -2.13. The highest BCUT2D eigenvalue weighted by Gasteiger charge is 2.14. The summed E-state index contributed by atoms with van der Waals surface area (Å²) < 4.78 is 4.66. The number of rotatable bonds is 6. The first kappa shape index (κ1) is 13.8. The van der Waals surface area contributed by atoms with Crippen LogP contribution in [0.5, 0.6) is 0 Å². The zero-order chi connectivity index (χ0) is 12.8. The fourth-order valence-electron chi connectivity index (χ4n) is 1.53. The first-order chi connectivity index (χ1) is 8.08. The number of unbranched alkanes of at least 4 members (excludes halogenated alkanes) is 1. The van der Waals surface area contributed by atoms with E-state index in [9.17, 15) is 4.79 Å². The second kappa shape index (κ2) is 6.49. The van der Waals surface area contributed by atoms with Gasteiger partial charge in [-0.2, -0.15) is 0 Å². The van der Waals surface area contributed by atoms with Crippen LogP contribution in [0.15, 0.2) is 6.07 Å². The van der Waals surface area contributed by atoms with Crippen molar-refractivity contribution >= 4 is 28.0 Å². The van der Waals surface area contributed by atoms with Crippen molar-refractivity contribution in [1.82, 2.24) is 0 Å². The zero-order valence-electron chi connectivity index (χ0n) is 10.6. The average molecular weight is 256 g/mol. The molecule has 5 heteroatoms. The molecule has 0 aliphatic rings. The highest BCUT2D eigenvalue weighted by atomic mass is 32.1. The summed E-state index contributed by atoms with van der Waals surface area (Å²) in [4.78, 5) is 11.9. The summed E-state index contributed by atoms with van der Waals surface area (Å²) in [5, 5.41) is 4.19. The van der Waals surface area contributed by atoms with Gasteiger partial charge in [-0.15, -0.1) is 11.3 Å². The predicted molar refractivity (Wildman–Crippen MR) is 72.7 cm³/mol. The molecule has 1 rings (SSSR count). The minimum atomic E-state index is -0.337. The van der Waals surface area contributed by atoms with E-state index in [-0.39, 0.29) is 5.97 Å². The van der Waals surface area contributed by atoms with Crippen molar-refractivity contribution in [2.45, 2.75) is 39.2 Å². The van der Waals surface area contributed by atoms with Crippen molar-refractivity contribution in [3.05, 3.63) is 10.9 Å². The van der Waals surface area contributed by atoms with Gasteiger partial charge < -0.3 is 15.8 Å². The fraction of sp³-hybridized carbons (Fsp3) is 0.583. The molecule has 96 valence electrons. The predicted octanol–water partition coefficient (Wildman–Crippen LogP) is 3.11. The first-order valence-electron chi connectivity index (χ1n) is 5.82. The van der Waals surface area contributed by atoms with Crippen molar-refractivity contribution < 1.29 is 9.53 Å². The van der Waals surface area contributed by atoms with Crippen LogP contribution in [0, 0.1) is 0 Å². The number of nitrogens with two attached hydrogens (primary N) is 1. The van der Waals surface area contributed by atoms with Crippen molar-refractivity contribution in [3.63, 3.8) is 0 Å². The van der Waals surface area contributed by atoms with Gasteiger partial charge in [0.15, 0.2) is 0 Å². The van der Waals surface area contributed by atoms with Crippen LogP contribution in [0.25, 0.3) is 0 Å². The molecule has 1 aromatic rings. The molecule has 0 radical (unpaired) electrons. The Morgan fingerprint density at radius 3 is 2.94 bits per heavy atom. The van der Waals surface area contributed by atoms with Crippen molar-refractivity contribution in [2.75, 3.05) is 18.2 Å². The fourth-order valence-corrected chi connectivity index (χ4v) is 2.53. The Kier molecular flexibility index (Phi) is 5.28. The van der Waals surface area contributed by atoms with Gasteiger partial charge in [0.1, 0.15) is 9.88 Å².